The highest BCUT2D eigenvalue weighted by Crippen LogP contribution is 2.27. The summed E-state index contributed by atoms with van der Waals surface area (Å²) < 4.78 is 5.50. The van der Waals surface area contributed by atoms with E-state index in [-0.39, 0.29) is 12.0 Å². The molecule has 2 saturated heterocycles. The predicted molar refractivity (Wildman–Crippen MR) is 85.2 cm³/mol. The second-order valence-electron chi connectivity index (χ2n) is 5.65. The van der Waals surface area contributed by atoms with Crippen LogP contribution in [0.2, 0.25) is 0 Å². The van der Waals surface area contributed by atoms with Gasteiger partial charge in [-0.05, 0) is 24.3 Å². The Bertz CT molecular complexity index is 675. The fourth-order valence-electron chi connectivity index (χ4n) is 3.14. The van der Waals surface area contributed by atoms with Crippen LogP contribution in [0, 0.1) is 0 Å². The first kappa shape index (κ1) is 13.9. The number of nitrogens with zero attached hydrogens (tertiary/aromatic N) is 4. The summed E-state index contributed by atoms with van der Waals surface area (Å²) in [7, 11) is 0. The topological polar surface area (TPSA) is 58.6 Å². The third kappa shape index (κ3) is 2.44. The van der Waals surface area contributed by atoms with E-state index in [1.54, 1.807) is 17.7 Å². The molecule has 1 amide bonds. The highest BCUT2D eigenvalue weighted by molar-refractivity contribution is 7.16. The number of hydrogen-bond donors (Lipinski definition) is 0. The van der Waals surface area contributed by atoms with E-state index in [2.05, 4.69) is 20.9 Å². The van der Waals surface area contributed by atoms with Gasteiger partial charge in [-0.2, -0.15) is 0 Å². The predicted octanol–water partition coefficient (Wildman–Crippen LogP) is 1.52. The molecule has 116 valence electrons. The molecule has 0 bridgehead atoms. The van der Waals surface area contributed by atoms with Crippen molar-refractivity contribution in [2.45, 2.75) is 18.9 Å². The molecule has 0 aromatic carbocycles. The molecule has 2 aliphatic heterocycles. The number of rotatable bonds is 2. The molecule has 2 aromatic heterocycles. The van der Waals surface area contributed by atoms with Gasteiger partial charge < -0.3 is 14.5 Å². The maximum Gasteiger partial charge on any atom is 0.251 e. The molecule has 2 aromatic rings. The summed E-state index contributed by atoms with van der Waals surface area (Å²) in [5.74, 6) is 1.14. The van der Waals surface area contributed by atoms with Gasteiger partial charge in [0.05, 0.1) is 5.39 Å². The van der Waals surface area contributed by atoms with Gasteiger partial charge in [0.1, 0.15) is 23.1 Å². The first-order valence-electron chi connectivity index (χ1n) is 7.66. The quantitative estimate of drug-likeness (QED) is 0.840. The minimum Gasteiger partial charge on any atom is -0.368 e. The molecule has 0 unspecified atom stereocenters. The molecule has 0 saturated carbocycles. The molecule has 2 aliphatic rings. The first-order valence-corrected chi connectivity index (χ1v) is 8.54. The van der Waals surface area contributed by atoms with Crippen LogP contribution in [0.1, 0.15) is 12.8 Å². The minimum atomic E-state index is -0.214. The monoisotopic (exact) mass is 318 g/mol. The molecule has 4 rings (SSSR count). The maximum absolute atomic E-state index is 12.4. The van der Waals surface area contributed by atoms with E-state index in [0.29, 0.717) is 6.61 Å². The smallest absolute Gasteiger partial charge is 0.251 e. The maximum atomic E-state index is 12.4. The Labute approximate surface area is 132 Å². The number of ether oxygens (including phenoxy) is 1. The van der Waals surface area contributed by atoms with E-state index in [1.165, 1.54) is 0 Å². The zero-order valence-electron chi connectivity index (χ0n) is 12.3. The molecule has 4 heterocycles. The number of aromatic nitrogens is 2. The van der Waals surface area contributed by atoms with E-state index < -0.39 is 0 Å². The number of piperazine rings is 1. The largest absolute Gasteiger partial charge is 0.368 e. The van der Waals surface area contributed by atoms with Gasteiger partial charge in [-0.25, -0.2) is 9.97 Å². The van der Waals surface area contributed by atoms with Crippen LogP contribution >= 0.6 is 11.3 Å². The molecule has 0 spiro atoms. The summed E-state index contributed by atoms with van der Waals surface area (Å²) in [6.07, 6.45) is 3.26. The number of anilines is 1. The number of carbonyl (C=O) groups is 1. The zero-order valence-corrected chi connectivity index (χ0v) is 13.1. The number of thiophene rings is 1. The Morgan fingerprint density at radius 3 is 2.91 bits per heavy atom. The van der Waals surface area contributed by atoms with Crippen LogP contribution in [0.15, 0.2) is 17.8 Å². The number of hydrogen-bond acceptors (Lipinski definition) is 6. The van der Waals surface area contributed by atoms with E-state index in [1.807, 2.05) is 10.3 Å². The van der Waals surface area contributed by atoms with Gasteiger partial charge >= 0.3 is 0 Å². The molecule has 22 heavy (non-hydrogen) atoms. The SMILES string of the molecule is O=C([C@H]1CCCO1)N1CCN(c2ncnc3sccc23)CC1. The van der Waals surface area contributed by atoms with Crippen molar-refractivity contribution in [3.05, 3.63) is 17.8 Å². The lowest BCUT2D eigenvalue weighted by atomic mass is 10.2. The molecule has 0 N–H and O–H groups in total. The average Bonchev–Trinajstić information content (AvgIpc) is 3.25. The zero-order chi connectivity index (χ0) is 14.9. The van der Waals surface area contributed by atoms with Gasteiger partial charge in [-0.15, -0.1) is 11.3 Å². The number of fused-ring (bicyclic) bond motifs is 1. The number of amides is 1. The van der Waals surface area contributed by atoms with E-state index in [4.69, 9.17) is 4.74 Å². The van der Waals surface area contributed by atoms with Crippen molar-refractivity contribution in [3.63, 3.8) is 0 Å². The second-order valence-corrected chi connectivity index (χ2v) is 6.55. The highest BCUT2D eigenvalue weighted by Gasteiger charge is 2.30. The summed E-state index contributed by atoms with van der Waals surface area (Å²) in [6.45, 7) is 3.79. The van der Waals surface area contributed by atoms with Crippen LogP contribution in [-0.4, -0.2) is 59.7 Å². The summed E-state index contributed by atoms with van der Waals surface area (Å²) >= 11 is 1.63. The van der Waals surface area contributed by atoms with Crippen molar-refractivity contribution < 1.29 is 9.53 Å². The minimum absolute atomic E-state index is 0.153. The van der Waals surface area contributed by atoms with Crippen molar-refractivity contribution in [3.8, 4) is 0 Å². The molecule has 1 atom stereocenters. The van der Waals surface area contributed by atoms with Crippen LogP contribution in [0.25, 0.3) is 10.2 Å². The van der Waals surface area contributed by atoms with Crippen LogP contribution < -0.4 is 4.90 Å². The summed E-state index contributed by atoms with van der Waals surface area (Å²) in [5.41, 5.74) is 0. The van der Waals surface area contributed by atoms with Crippen LogP contribution in [0.3, 0.4) is 0 Å². The van der Waals surface area contributed by atoms with Crippen LogP contribution in [0.4, 0.5) is 5.82 Å². The first-order chi connectivity index (χ1) is 10.8. The van der Waals surface area contributed by atoms with Gasteiger partial charge in [0, 0.05) is 32.8 Å². The van der Waals surface area contributed by atoms with Crippen LogP contribution in [0.5, 0.6) is 0 Å². The van der Waals surface area contributed by atoms with Crippen molar-refractivity contribution in [2.24, 2.45) is 0 Å². The van der Waals surface area contributed by atoms with E-state index in [9.17, 15) is 4.79 Å². The second kappa shape index (κ2) is 5.81. The molecule has 6 nitrogen and oxygen atoms in total. The van der Waals surface area contributed by atoms with Gasteiger partial charge in [0.15, 0.2) is 0 Å². The molecule has 0 radical (unpaired) electrons. The van der Waals surface area contributed by atoms with E-state index >= 15 is 0 Å². The Morgan fingerprint density at radius 2 is 2.14 bits per heavy atom. The third-order valence-electron chi connectivity index (χ3n) is 4.34. The Balaban J connectivity index is 1.45. The summed E-state index contributed by atoms with van der Waals surface area (Å²) in [6, 6.07) is 2.07. The lowest BCUT2D eigenvalue weighted by molar-refractivity contribution is -0.141. The van der Waals surface area contributed by atoms with Gasteiger partial charge in [-0.3, -0.25) is 4.79 Å². The summed E-state index contributed by atoms with van der Waals surface area (Å²) in [5, 5.41) is 3.14. The van der Waals surface area contributed by atoms with Crippen molar-refractivity contribution >= 4 is 33.3 Å². The Hall–Kier alpha value is -1.73. The van der Waals surface area contributed by atoms with Gasteiger partial charge in [0.25, 0.3) is 5.91 Å². The average molecular weight is 318 g/mol. The normalized spacial score (nSPS) is 22.5. The van der Waals surface area contributed by atoms with Gasteiger partial charge in [0.2, 0.25) is 0 Å². The van der Waals surface area contributed by atoms with Gasteiger partial charge in [-0.1, -0.05) is 0 Å². The number of carbonyl (C=O) groups excluding carboxylic acids is 1. The van der Waals surface area contributed by atoms with E-state index in [0.717, 1.165) is 55.1 Å². The lowest BCUT2D eigenvalue weighted by Crippen LogP contribution is -2.51. The van der Waals surface area contributed by atoms with Crippen molar-refractivity contribution in [1.29, 1.82) is 0 Å². The fraction of sp³-hybridized carbons (Fsp3) is 0.533. The molecular weight excluding hydrogens is 300 g/mol. The highest BCUT2D eigenvalue weighted by atomic mass is 32.1. The third-order valence-corrected chi connectivity index (χ3v) is 5.16. The van der Waals surface area contributed by atoms with Crippen LogP contribution in [-0.2, 0) is 9.53 Å². The summed E-state index contributed by atoms with van der Waals surface area (Å²) in [4.78, 5) is 26.3. The lowest BCUT2D eigenvalue weighted by Gasteiger charge is -2.36. The van der Waals surface area contributed by atoms with Crippen molar-refractivity contribution in [1.82, 2.24) is 14.9 Å². The molecule has 7 heteroatoms. The molecule has 2 fully saturated rings. The Kier molecular flexibility index (Phi) is 3.67. The standard InChI is InChI=1S/C15H18N4O2S/c20-15(12-2-1-8-21-12)19-6-4-18(5-7-19)13-11-3-9-22-14(11)17-10-16-13/h3,9-10,12H,1-2,4-8H2/t12-/m1/s1. The Morgan fingerprint density at radius 1 is 1.27 bits per heavy atom. The molecular formula is C15H18N4O2S. The molecule has 0 aliphatic carbocycles. The fourth-order valence-corrected chi connectivity index (χ4v) is 3.87. The van der Waals surface area contributed by atoms with Crippen molar-refractivity contribution in [2.75, 3.05) is 37.7 Å².